The van der Waals surface area contributed by atoms with Crippen molar-refractivity contribution in [1.82, 2.24) is 0 Å². The molecule has 0 bridgehead atoms. The van der Waals surface area contributed by atoms with Gasteiger partial charge in [0, 0.05) is 11.8 Å². The number of allylic oxidation sites excluding steroid dienone is 1. The molecule has 25 heavy (non-hydrogen) atoms. The van der Waals surface area contributed by atoms with Crippen molar-refractivity contribution >= 4 is 33.6 Å². The van der Waals surface area contributed by atoms with Gasteiger partial charge in [0.05, 0.1) is 11.3 Å². The highest BCUT2D eigenvalue weighted by molar-refractivity contribution is 9.10. The van der Waals surface area contributed by atoms with Crippen LogP contribution in [0.4, 0.5) is 10.1 Å². The number of rotatable bonds is 5. The number of phenols is 4. The van der Waals surface area contributed by atoms with Crippen molar-refractivity contribution in [3.05, 3.63) is 51.9 Å². The van der Waals surface area contributed by atoms with Gasteiger partial charge < -0.3 is 25.7 Å². The van der Waals surface area contributed by atoms with Gasteiger partial charge in [0.15, 0.2) is 29.3 Å². The predicted octanol–water partition coefficient (Wildman–Crippen LogP) is 2.97. The summed E-state index contributed by atoms with van der Waals surface area (Å²) >= 11 is 2.78. The van der Waals surface area contributed by atoms with E-state index in [1.54, 1.807) is 0 Å². The van der Waals surface area contributed by atoms with Crippen LogP contribution in [0.25, 0.3) is 0 Å². The first kappa shape index (κ1) is 18.3. The number of aromatic hydroxyl groups is 4. The summed E-state index contributed by atoms with van der Waals surface area (Å²) in [7, 11) is 0. The number of hydrogen-bond donors (Lipinski definition) is 6. The highest BCUT2D eigenvalue weighted by Crippen LogP contribution is 2.52. The lowest BCUT2D eigenvalue weighted by molar-refractivity contribution is -0.104. The van der Waals surface area contributed by atoms with E-state index in [4.69, 9.17) is 5.41 Å². The van der Waals surface area contributed by atoms with Gasteiger partial charge in [0.25, 0.3) is 0 Å². The maximum absolute atomic E-state index is 12.9. The molecule has 0 saturated heterocycles. The lowest BCUT2D eigenvalue weighted by atomic mass is 10.0. The van der Waals surface area contributed by atoms with E-state index in [1.807, 2.05) is 0 Å². The van der Waals surface area contributed by atoms with Crippen molar-refractivity contribution < 1.29 is 29.6 Å². The quantitative estimate of drug-likeness (QED) is 0.147. The fourth-order valence-electron chi connectivity index (χ4n) is 1.90. The van der Waals surface area contributed by atoms with Gasteiger partial charge in [-0.05, 0) is 40.2 Å². The molecule has 0 spiro atoms. The number of carbonyl (C=O) groups is 1. The summed E-state index contributed by atoms with van der Waals surface area (Å²) in [4.78, 5) is 11.2. The van der Waals surface area contributed by atoms with Gasteiger partial charge in [-0.1, -0.05) is 0 Å². The summed E-state index contributed by atoms with van der Waals surface area (Å²) in [6.45, 7) is 0. The third kappa shape index (κ3) is 3.56. The maximum Gasteiger partial charge on any atom is 0.186 e. The topological polar surface area (TPSA) is 134 Å². The lowest BCUT2D eigenvalue weighted by Crippen LogP contribution is -2.07. The Hall–Kier alpha value is -3.07. The molecule has 0 unspecified atom stereocenters. The van der Waals surface area contributed by atoms with Crippen LogP contribution in [0.15, 0.2) is 40.5 Å². The third-order valence-electron chi connectivity index (χ3n) is 3.26. The second kappa shape index (κ2) is 7.22. The van der Waals surface area contributed by atoms with Crippen molar-refractivity contribution in [3.63, 3.8) is 0 Å². The summed E-state index contributed by atoms with van der Waals surface area (Å²) in [5.41, 5.74) is -0.639. The van der Waals surface area contributed by atoms with Gasteiger partial charge in [-0.2, -0.15) is 0 Å². The molecule has 130 valence electrons. The van der Waals surface area contributed by atoms with E-state index >= 15 is 0 Å². The van der Waals surface area contributed by atoms with Gasteiger partial charge in [-0.25, -0.2) is 4.39 Å². The van der Waals surface area contributed by atoms with Gasteiger partial charge in [-0.3, -0.25) is 10.2 Å². The second-order valence-corrected chi connectivity index (χ2v) is 5.62. The van der Waals surface area contributed by atoms with Crippen molar-refractivity contribution in [1.29, 1.82) is 5.41 Å². The predicted molar refractivity (Wildman–Crippen MR) is 91.8 cm³/mol. The van der Waals surface area contributed by atoms with Crippen LogP contribution in [0.3, 0.4) is 0 Å². The maximum atomic E-state index is 12.9. The summed E-state index contributed by atoms with van der Waals surface area (Å²) in [6, 6.07) is 4.87. The minimum atomic E-state index is -0.781. The van der Waals surface area contributed by atoms with Crippen molar-refractivity contribution in [3.8, 4) is 23.0 Å². The van der Waals surface area contributed by atoms with Crippen LogP contribution in [0, 0.1) is 11.2 Å². The number of aldehydes is 1. The van der Waals surface area contributed by atoms with E-state index in [9.17, 15) is 29.6 Å². The van der Waals surface area contributed by atoms with E-state index in [2.05, 4.69) is 21.2 Å². The lowest BCUT2D eigenvalue weighted by Gasteiger charge is -2.13. The van der Waals surface area contributed by atoms with Crippen LogP contribution in [-0.2, 0) is 4.79 Å². The van der Waals surface area contributed by atoms with E-state index in [0.717, 1.165) is 18.3 Å². The van der Waals surface area contributed by atoms with Crippen LogP contribution in [0.1, 0.15) is 5.56 Å². The molecule has 0 radical (unpaired) electrons. The number of benzene rings is 2. The molecule has 0 fully saturated rings. The summed E-state index contributed by atoms with van der Waals surface area (Å²) in [5, 5.41) is 49.3. The minimum absolute atomic E-state index is 0.188. The molecule has 0 aliphatic heterocycles. The average Bonchev–Trinajstić information content (AvgIpc) is 2.61. The summed E-state index contributed by atoms with van der Waals surface area (Å²) < 4.78 is 12.6. The molecule has 7 nitrogen and oxygen atoms in total. The van der Waals surface area contributed by atoms with Gasteiger partial charge >= 0.3 is 0 Å². The molecule has 0 aromatic heterocycles. The van der Waals surface area contributed by atoms with E-state index in [1.165, 1.54) is 12.1 Å². The zero-order valence-electron chi connectivity index (χ0n) is 12.4. The molecule has 0 heterocycles. The first-order valence-electron chi connectivity index (χ1n) is 6.70. The fourth-order valence-corrected chi connectivity index (χ4v) is 2.28. The first-order chi connectivity index (χ1) is 11.8. The molecule has 0 atom stereocenters. The van der Waals surface area contributed by atoms with Crippen LogP contribution in [0.2, 0.25) is 0 Å². The Kier molecular flexibility index (Phi) is 5.28. The van der Waals surface area contributed by atoms with Crippen LogP contribution in [-0.4, -0.2) is 32.4 Å². The Morgan fingerprint density at radius 1 is 1.04 bits per heavy atom. The minimum Gasteiger partial charge on any atom is -0.503 e. The molecule has 6 N–H and O–H groups in total. The molecule has 0 aliphatic rings. The summed E-state index contributed by atoms with van der Waals surface area (Å²) in [6.07, 6.45) is 1.33. The van der Waals surface area contributed by atoms with Gasteiger partial charge in [0.1, 0.15) is 16.0 Å². The largest absolute Gasteiger partial charge is 0.503 e. The van der Waals surface area contributed by atoms with E-state index in [0.29, 0.717) is 6.29 Å². The molecule has 2 aromatic carbocycles. The molecule has 2 rings (SSSR count). The number of phenolic OH excluding ortho intramolecular Hbond substituents is 4. The van der Waals surface area contributed by atoms with Crippen LogP contribution in [0.5, 0.6) is 23.0 Å². The second-order valence-electron chi connectivity index (χ2n) is 4.83. The number of hydrogen-bond acceptors (Lipinski definition) is 7. The molecule has 0 amide bonds. The number of anilines is 1. The smallest absolute Gasteiger partial charge is 0.186 e. The molecule has 0 saturated carbocycles. The van der Waals surface area contributed by atoms with Gasteiger partial charge in [0.2, 0.25) is 0 Å². The van der Waals surface area contributed by atoms with Crippen molar-refractivity contribution in [2.24, 2.45) is 0 Å². The zero-order chi connectivity index (χ0) is 18.7. The SMILES string of the molecule is N=C(/C(C=O)=C\Nc1c(O)c(O)c(Br)c(O)c1O)c1ccc(F)cc1. The highest BCUT2D eigenvalue weighted by Gasteiger charge is 2.21. The van der Waals surface area contributed by atoms with E-state index in [-0.39, 0.29) is 21.3 Å². The number of nitrogens with one attached hydrogen (secondary N) is 2. The molecule has 9 heteroatoms. The molecular formula is C16H12BrFN2O5. The number of halogens is 2. The molecular weight excluding hydrogens is 399 g/mol. The van der Waals surface area contributed by atoms with Crippen molar-refractivity contribution in [2.75, 3.05) is 5.32 Å². The van der Waals surface area contributed by atoms with E-state index < -0.39 is 34.5 Å². The van der Waals surface area contributed by atoms with Gasteiger partial charge in [-0.15, -0.1) is 0 Å². The average molecular weight is 411 g/mol. The first-order valence-corrected chi connectivity index (χ1v) is 7.49. The Morgan fingerprint density at radius 2 is 1.56 bits per heavy atom. The van der Waals surface area contributed by atoms with Crippen molar-refractivity contribution in [2.45, 2.75) is 0 Å². The summed E-state index contributed by atoms with van der Waals surface area (Å²) in [5.74, 6) is -3.52. The normalized spacial score (nSPS) is 11.2. The standard InChI is InChI=1S/C16H12BrFN2O5/c17-10-13(22)15(24)12(16(25)14(10)23)20-5-8(6-21)11(19)7-1-3-9(18)4-2-7/h1-6,19-20,22-25H/b8-5-,19-11?. The monoisotopic (exact) mass is 410 g/mol. The Balaban J connectivity index is 2.38. The Labute approximate surface area is 149 Å². The third-order valence-corrected chi connectivity index (χ3v) is 4.01. The van der Waals surface area contributed by atoms with Crippen LogP contribution < -0.4 is 5.32 Å². The highest BCUT2D eigenvalue weighted by atomic mass is 79.9. The molecule has 2 aromatic rings. The Morgan fingerprint density at radius 3 is 2.04 bits per heavy atom. The number of carbonyl (C=O) groups excluding carboxylic acids is 1. The molecule has 0 aliphatic carbocycles. The fraction of sp³-hybridized carbons (Fsp3) is 0. The zero-order valence-corrected chi connectivity index (χ0v) is 14.0. The van der Waals surface area contributed by atoms with Crippen LogP contribution >= 0.6 is 15.9 Å². The Bertz CT molecular complexity index is 852.